The second-order valence-corrected chi connectivity index (χ2v) is 5.03. The van der Waals surface area contributed by atoms with Crippen LogP contribution >= 0.6 is 27.5 Å². The Morgan fingerprint density at radius 3 is 2.74 bits per heavy atom. The molecule has 0 bridgehead atoms. The van der Waals surface area contributed by atoms with Crippen molar-refractivity contribution >= 4 is 33.5 Å². The maximum atomic E-state index is 10.7. The molecule has 19 heavy (non-hydrogen) atoms. The van der Waals surface area contributed by atoms with Crippen LogP contribution in [0.3, 0.4) is 0 Å². The van der Waals surface area contributed by atoms with Crippen molar-refractivity contribution in [2.45, 2.75) is 6.61 Å². The smallest absolute Gasteiger partial charge is 0.337 e. The van der Waals surface area contributed by atoms with E-state index in [1.807, 2.05) is 6.07 Å². The van der Waals surface area contributed by atoms with E-state index in [2.05, 4.69) is 20.9 Å². The third-order valence-electron chi connectivity index (χ3n) is 2.34. The Balaban J connectivity index is 2.04. The summed E-state index contributed by atoms with van der Waals surface area (Å²) in [6, 6.07) is 8.39. The second-order valence-electron chi connectivity index (χ2n) is 3.71. The molecule has 2 rings (SSSR count). The highest BCUT2D eigenvalue weighted by molar-refractivity contribution is 9.10. The molecule has 1 aromatic heterocycles. The van der Waals surface area contributed by atoms with Gasteiger partial charge in [0.25, 0.3) is 0 Å². The van der Waals surface area contributed by atoms with Crippen LogP contribution in [0.5, 0.6) is 5.75 Å². The molecule has 0 amide bonds. The predicted molar refractivity (Wildman–Crippen MR) is 74.7 cm³/mol. The number of aromatic nitrogens is 1. The summed E-state index contributed by atoms with van der Waals surface area (Å²) in [7, 11) is 0. The van der Waals surface area contributed by atoms with Gasteiger partial charge in [-0.1, -0.05) is 27.5 Å². The SMILES string of the molecule is O=C(O)c1ccc(COc2ccc(Br)cc2Cl)nc1. The molecule has 1 heterocycles. The van der Waals surface area contributed by atoms with Crippen molar-refractivity contribution in [3.63, 3.8) is 0 Å². The minimum Gasteiger partial charge on any atom is -0.486 e. The maximum absolute atomic E-state index is 10.7. The summed E-state index contributed by atoms with van der Waals surface area (Å²) in [6.45, 7) is 0.223. The fraction of sp³-hybridized carbons (Fsp3) is 0.0769. The molecule has 0 aliphatic rings. The van der Waals surface area contributed by atoms with Crippen molar-refractivity contribution in [3.05, 3.63) is 57.3 Å². The lowest BCUT2D eigenvalue weighted by atomic mass is 10.2. The number of carboxylic acid groups (broad SMARTS) is 1. The van der Waals surface area contributed by atoms with Crippen LogP contribution in [0.15, 0.2) is 41.0 Å². The Hall–Kier alpha value is -1.59. The Morgan fingerprint density at radius 1 is 1.37 bits per heavy atom. The number of aromatic carboxylic acids is 1. The van der Waals surface area contributed by atoms with Gasteiger partial charge in [0.05, 0.1) is 16.3 Å². The zero-order valence-electron chi connectivity index (χ0n) is 9.64. The summed E-state index contributed by atoms with van der Waals surface area (Å²) in [5, 5.41) is 9.25. The third kappa shape index (κ3) is 3.68. The van der Waals surface area contributed by atoms with Crippen LogP contribution in [0.4, 0.5) is 0 Å². The van der Waals surface area contributed by atoms with E-state index in [1.165, 1.54) is 12.3 Å². The van der Waals surface area contributed by atoms with Gasteiger partial charge in [-0.25, -0.2) is 4.79 Å². The van der Waals surface area contributed by atoms with Gasteiger partial charge in [-0.15, -0.1) is 0 Å². The van der Waals surface area contributed by atoms with Crippen molar-refractivity contribution in [2.24, 2.45) is 0 Å². The fourth-order valence-corrected chi connectivity index (χ4v) is 2.11. The minimum absolute atomic E-state index is 0.144. The first-order valence-electron chi connectivity index (χ1n) is 5.32. The van der Waals surface area contributed by atoms with Crippen LogP contribution in [0, 0.1) is 0 Å². The lowest BCUT2D eigenvalue weighted by Crippen LogP contribution is -2.02. The largest absolute Gasteiger partial charge is 0.486 e. The number of nitrogens with zero attached hydrogens (tertiary/aromatic N) is 1. The molecule has 0 atom stereocenters. The first-order chi connectivity index (χ1) is 9.06. The van der Waals surface area contributed by atoms with Crippen LogP contribution in [0.25, 0.3) is 0 Å². The fourth-order valence-electron chi connectivity index (χ4n) is 1.38. The summed E-state index contributed by atoms with van der Waals surface area (Å²) in [6.07, 6.45) is 1.30. The highest BCUT2D eigenvalue weighted by Gasteiger charge is 2.05. The number of halogens is 2. The monoisotopic (exact) mass is 341 g/mol. The summed E-state index contributed by atoms with van der Waals surface area (Å²) in [5.74, 6) is -0.454. The molecule has 0 unspecified atom stereocenters. The molecule has 0 spiro atoms. The van der Waals surface area contributed by atoms with Gasteiger partial charge >= 0.3 is 5.97 Å². The summed E-state index contributed by atoms with van der Waals surface area (Å²) in [4.78, 5) is 14.7. The number of hydrogen-bond acceptors (Lipinski definition) is 3. The number of pyridine rings is 1. The van der Waals surface area contributed by atoms with Crippen LogP contribution < -0.4 is 4.74 Å². The first-order valence-corrected chi connectivity index (χ1v) is 6.49. The highest BCUT2D eigenvalue weighted by atomic mass is 79.9. The highest BCUT2D eigenvalue weighted by Crippen LogP contribution is 2.28. The number of rotatable bonds is 4. The number of ether oxygens (including phenoxy) is 1. The number of carbonyl (C=O) groups is 1. The van der Waals surface area contributed by atoms with Gasteiger partial charge < -0.3 is 9.84 Å². The average Bonchev–Trinajstić information content (AvgIpc) is 2.38. The molecule has 6 heteroatoms. The van der Waals surface area contributed by atoms with Crippen molar-refractivity contribution < 1.29 is 14.6 Å². The second kappa shape index (κ2) is 6.04. The van der Waals surface area contributed by atoms with Gasteiger partial charge in [-0.2, -0.15) is 0 Å². The molecule has 0 saturated carbocycles. The lowest BCUT2D eigenvalue weighted by Gasteiger charge is -2.07. The molecule has 98 valence electrons. The van der Waals surface area contributed by atoms with Crippen molar-refractivity contribution in [3.8, 4) is 5.75 Å². The van der Waals surface area contributed by atoms with Gasteiger partial charge in [0.1, 0.15) is 12.4 Å². The summed E-state index contributed by atoms with van der Waals surface area (Å²) in [5.41, 5.74) is 0.773. The summed E-state index contributed by atoms with van der Waals surface area (Å²) >= 11 is 9.32. The van der Waals surface area contributed by atoms with E-state index in [4.69, 9.17) is 21.4 Å². The van der Waals surface area contributed by atoms with Gasteiger partial charge in [-0.3, -0.25) is 4.98 Å². The van der Waals surface area contributed by atoms with Crippen molar-refractivity contribution in [1.82, 2.24) is 4.98 Å². The molecule has 4 nitrogen and oxygen atoms in total. The normalized spacial score (nSPS) is 10.2. The molecule has 2 aromatic rings. The van der Waals surface area contributed by atoms with E-state index in [0.29, 0.717) is 16.5 Å². The van der Waals surface area contributed by atoms with Crippen LogP contribution in [0.1, 0.15) is 16.1 Å². The van der Waals surface area contributed by atoms with E-state index >= 15 is 0 Å². The van der Waals surface area contributed by atoms with Gasteiger partial charge in [0.15, 0.2) is 0 Å². The number of benzene rings is 1. The van der Waals surface area contributed by atoms with Crippen molar-refractivity contribution in [1.29, 1.82) is 0 Å². The molecule has 0 aliphatic heterocycles. The van der Waals surface area contributed by atoms with Gasteiger partial charge in [-0.05, 0) is 30.3 Å². The molecular formula is C13H9BrClNO3. The molecule has 0 fully saturated rings. The lowest BCUT2D eigenvalue weighted by molar-refractivity contribution is 0.0696. The van der Waals surface area contributed by atoms with E-state index in [9.17, 15) is 4.79 Å². The van der Waals surface area contributed by atoms with Gasteiger partial charge in [0, 0.05) is 10.7 Å². The van der Waals surface area contributed by atoms with E-state index in [0.717, 1.165) is 4.47 Å². The Bertz CT molecular complexity index is 601. The third-order valence-corrected chi connectivity index (χ3v) is 3.13. The minimum atomic E-state index is -1.00. The number of carboxylic acids is 1. The zero-order valence-corrected chi connectivity index (χ0v) is 12.0. The Morgan fingerprint density at radius 2 is 2.16 bits per heavy atom. The quantitative estimate of drug-likeness (QED) is 0.918. The number of hydrogen-bond donors (Lipinski definition) is 1. The van der Waals surface area contributed by atoms with Crippen LogP contribution in [0.2, 0.25) is 5.02 Å². The van der Waals surface area contributed by atoms with E-state index in [-0.39, 0.29) is 12.2 Å². The standard InChI is InChI=1S/C13H9BrClNO3/c14-9-2-4-12(11(15)5-9)19-7-10-3-1-8(6-16-10)13(17)18/h1-6H,7H2,(H,17,18). The maximum Gasteiger partial charge on any atom is 0.337 e. The molecule has 0 aliphatic carbocycles. The first kappa shape index (κ1) is 13.8. The molecule has 0 saturated heterocycles. The Kier molecular flexibility index (Phi) is 4.39. The molecule has 0 radical (unpaired) electrons. The Labute approximate surface area is 123 Å². The predicted octanol–water partition coefficient (Wildman–Crippen LogP) is 3.77. The topological polar surface area (TPSA) is 59.4 Å². The zero-order chi connectivity index (χ0) is 13.8. The van der Waals surface area contributed by atoms with E-state index < -0.39 is 5.97 Å². The van der Waals surface area contributed by atoms with Crippen LogP contribution in [-0.4, -0.2) is 16.1 Å². The molecule has 1 aromatic carbocycles. The summed E-state index contributed by atoms with van der Waals surface area (Å²) < 4.78 is 6.38. The van der Waals surface area contributed by atoms with E-state index in [1.54, 1.807) is 18.2 Å². The molecule has 1 N–H and O–H groups in total. The van der Waals surface area contributed by atoms with Gasteiger partial charge in [0.2, 0.25) is 0 Å². The van der Waals surface area contributed by atoms with Crippen molar-refractivity contribution in [2.75, 3.05) is 0 Å². The van der Waals surface area contributed by atoms with Crippen LogP contribution in [-0.2, 0) is 6.61 Å². The average molecular weight is 343 g/mol. The molecular weight excluding hydrogens is 334 g/mol.